The van der Waals surface area contributed by atoms with E-state index in [0.29, 0.717) is 0 Å². The van der Waals surface area contributed by atoms with E-state index in [-0.39, 0.29) is 46.8 Å². The first-order valence-corrected chi connectivity index (χ1v) is 3.60. The van der Waals surface area contributed by atoms with Crippen molar-refractivity contribution in [2.75, 3.05) is 0 Å². The van der Waals surface area contributed by atoms with Crippen molar-refractivity contribution in [1.82, 2.24) is 0 Å². The molecule has 0 aliphatic rings. The fourth-order valence-corrected chi connectivity index (χ4v) is 0.635. The van der Waals surface area contributed by atoms with Crippen LogP contribution in [0.5, 0.6) is 0 Å². The minimum Gasteiger partial charge on any atom is -0.599 e. The van der Waals surface area contributed by atoms with E-state index in [2.05, 4.69) is 15.1 Å². The minimum absolute atomic E-state index is 0. The summed E-state index contributed by atoms with van der Waals surface area (Å²) in [6, 6.07) is 6.57. The Kier molecular flexibility index (Phi) is 22.4. The van der Waals surface area contributed by atoms with Crippen LogP contribution in [0.3, 0.4) is 0 Å². The van der Waals surface area contributed by atoms with Gasteiger partial charge in [-0.3, -0.25) is 0 Å². The number of rotatable bonds is 1. The zero-order chi connectivity index (χ0) is 9.52. The van der Waals surface area contributed by atoms with Gasteiger partial charge in [-0.25, -0.2) is 0 Å². The van der Waals surface area contributed by atoms with Crippen molar-refractivity contribution in [2.45, 2.75) is 22.3 Å². The molecule has 0 aliphatic carbocycles. The molecule has 0 fully saturated rings. The summed E-state index contributed by atoms with van der Waals surface area (Å²) in [6.45, 7) is 0. The predicted octanol–water partition coefficient (Wildman–Crippen LogP) is -1.05. The maximum absolute atomic E-state index is 8.37. The average Bonchev–Trinajstić information content (AvgIpc) is 2.82. The van der Waals surface area contributed by atoms with E-state index in [1.165, 1.54) is 12.3 Å². The molecule has 2 rings (SSSR count). The summed E-state index contributed by atoms with van der Waals surface area (Å²) in [4.78, 5) is 0. The first-order chi connectivity index (χ1) is 6.30. The van der Waals surface area contributed by atoms with Gasteiger partial charge in [-0.2, -0.15) is 6.07 Å². The van der Waals surface area contributed by atoms with Gasteiger partial charge in [0.15, 0.2) is 0 Å². The predicted molar refractivity (Wildman–Crippen MR) is 66.3 cm³/mol. The van der Waals surface area contributed by atoms with E-state index in [9.17, 15) is 0 Å². The second kappa shape index (κ2) is 15.1. The molecule has 92 valence electrons. The second-order valence-corrected chi connectivity index (χ2v) is 2.12. The van der Waals surface area contributed by atoms with Crippen LogP contribution < -0.4 is 24.5 Å². The van der Waals surface area contributed by atoms with Gasteiger partial charge in [-0.1, -0.05) is 28.5 Å². The van der Waals surface area contributed by atoms with E-state index < -0.39 is 7.12 Å². The molecule has 2 N–H and O–H groups in total. The zero-order valence-corrected chi connectivity index (χ0v) is 7.75. The number of hydrogen-bond acceptors (Lipinski definition) is 4. The van der Waals surface area contributed by atoms with Crippen molar-refractivity contribution in [3.63, 3.8) is 0 Å². The van der Waals surface area contributed by atoms with Crippen molar-refractivity contribution in [2.24, 2.45) is 0 Å². The molecule has 0 atom stereocenters. The standard InChI is InChI=1S/C4H5BO3.C4H3O.3CH4.Li/c6-5(7)4-2-1-3-8-4;1-2-4-5-3-1;;;;/h1-3,6-7H;1-3H;3*1H4;/q;-1;;;;+1. The van der Waals surface area contributed by atoms with Crippen molar-refractivity contribution in [1.29, 1.82) is 0 Å². The Hall–Kier alpha value is -0.858. The SMILES string of the molecule is C.C.C.OB(O)c1ccco1.[Li+].[c-]1ccco1. The van der Waals surface area contributed by atoms with Crippen LogP contribution in [-0.2, 0) is 0 Å². The third-order valence-electron chi connectivity index (χ3n) is 1.18. The van der Waals surface area contributed by atoms with Crippen LogP contribution in [0.2, 0.25) is 0 Å². The summed E-state index contributed by atoms with van der Waals surface area (Å²) in [6.07, 6.45) is 5.44. The fraction of sp³-hybridized carbons (Fsp3) is 0.273. The molecule has 0 aliphatic heterocycles. The van der Waals surface area contributed by atoms with Crippen molar-refractivity contribution in [3.05, 3.63) is 43.1 Å². The van der Waals surface area contributed by atoms with Gasteiger partial charge in [-0.15, -0.1) is 6.07 Å². The monoisotopic (exact) mass is 234 g/mol. The topological polar surface area (TPSA) is 66.7 Å². The Labute approximate surface area is 116 Å². The van der Waals surface area contributed by atoms with Crippen LogP contribution in [0.1, 0.15) is 22.3 Å². The molecule has 0 bridgehead atoms. The Bertz CT molecular complexity index is 278. The summed E-state index contributed by atoms with van der Waals surface area (Å²) in [5.41, 5.74) is 0.171. The summed E-state index contributed by atoms with van der Waals surface area (Å²) >= 11 is 0. The fourth-order valence-electron chi connectivity index (χ4n) is 0.635. The average molecular weight is 234 g/mol. The van der Waals surface area contributed by atoms with Gasteiger partial charge in [0.1, 0.15) is 5.66 Å². The van der Waals surface area contributed by atoms with E-state index in [1.807, 2.05) is 0 Å². The summed E-state index contributed by atoms with van der Waals surface area (Å²) in [5, 5.41) is 16.7. The molecular formula is C11H20BLiO4. The van der Waals surface area contributed by atoms with Gasteiger partial charge >= 0.3 is 26.0 Å². The first-order valence-electron chi connectivity index (χ1n) is 3.60. The maximum Gasteiger partial charge on any atom is 1.00 e. The summed E-state index contributed by atoms with van der Waals surface area (Å²) in [5.74, 6) is 0. The quantitative estimate of drug-likeness (QED) is 0.488. The molecule has 0 amide bonds. The zero-order valence-electron chi connectivity index (χ0n) is 7.75. The van der Waals surface area contributed by atoms with Gasteiger partial charge in [0.25, 0.3) is 0 Å². The van der Waals surface area contributed by atoms with Crippen LogP contribution in [0, 0.1) is 6.26 Å². The van der Waals surface area contributed by atoms with Crippen molar-refractivity contribution < 1.29 is 37.7 Å². The summed E-state index contributed by atoms with van der Waals surface area (Å²) < 4.78 is 9.05. The summed E-state index contributed by atoms with van der Waals surface area (Å²) in [7, 11) is -1.48. The van der Waals surface area contributed by atoms with Gasteiger partial charge in [0.2, 0.25) is 0 Å². The third-order valence-corrected chi connectivity index (χ3v) is 1.18. The molecule has 0 saturated heterocycles. The van der Waals surface area contributed by atoms with Gasteiger partial charge < -0.3 is 18.9 Å². The van der Waals surface area contributed by atoms with E-state index >= 15 is 0 Å². The third kappa shape index (κ3) is 11.4. The normalized spacial score (nSPS) is 6.71. The Balaban J connectivity index is -0.0000000849. The molecule has 0 saturated carbocycles. The molecule has 17 heavy (non-hydrogen) atoms. The Morgan fingerprint density at radius 2 is 1.71 bits per heavy atom. The maximum atomic E-state index is 8.37. The van der Waals surface area contributed by atoms with E-state index in [1.54, 1.807) is 24.5 Å². The Morgan fingerprint density at radius 1 is 1.06 bits per heavy atom. The van der Waals surface area contributed by atoms with E-state index in [0.717, 1.165) is 0 Å². The van der Waals surface area contributed by atoms with Crippen LogP contribution in [-0.4, -0.2) is 17.2 Å². The largest absolute Gasteiger partial charge is 1.00 e. The molecule has 2 aromatic rings. The molecule has 2 aromatic heterocycles. The van der Waals surface area contributed by atoms with Crippen molar-refractivity contribution in [3.8, 4) is 0 Å². The van der Waals surface area contributed by atoms with Crippen LogP contribution in [0.15, 0.2) is 45.6 Å². The van der Waals surface area contributed by atoms with Crippen LogP contribution >= 0.6 is 0 Å². The van der Waals surface area contributed by atoms with Gasteiger partial charge in [0.05, 0.1) is 6.26 Å². The Morgan fingerprint density at radius 3 is 1.88 bits per heavy atom. The van der Waals surface area contributed by atoms with E-state index in [4.69, 9.17) is 10.0 Å². The van der Waals surface area contributed by atoms with Gasteiger partial charge in [0, 0.05) is 0 Å². The number of furan rings is 2. The van der Waals surface area contributed by atoms with Crippen LogP contribution in [0.4, 0.5) is 0 Å². The smallest absolute Gasteiger partial charge is 0.599 e. The molecular weight excluding hydrogens is 214 g/mol. The molecule has 4 nitrogen and oxygen atoms in total. The van der Waals surface area contributed by atoms with Crippen molar-refractivity contribution >= 4 is 12.8 Å². The van der Waals surface area contributed by atoms with Crippen LogP contribution in [0.25, 0.3) is 0 Å². The molecule has 2 heterocycles. The molecule has 0 radical (unpaired) electrons. The minimum atomic E-state index is -1.48. The first kappa shape index (κ1) is 25.1. The van der Waals surface area contributed by atoms with Gasteiger partial charge in [-0.05, 0) is 18.4 Å². The molecule has 6 heteroatoms. The molecule has 0 unspecified atom stereocenters. The number of hydrogen-bond donors (Lipinski definition) is 2. The second-order valence-electron chi connectivity index (χ2n) is 2.12. The molecule has 0 spiro atoms. The molecule has 0 aromatic carbocycles.